The number of carbonyl (C=O) groups excluding carboxylic acids is 1. The first kappa shape index (κ1) is 19.4. The van der Waals surface area contributed by atoms with Gasteiger partial charge in [0.15, 0.2) is 0 Å². The molecule has 3 rings (SSSR count). The molecule has 0 bridgehead atoms. The van der Waals surface area contributed by atoms with Crippen LogP contribution in [-0.2, 0) is 10.0 Å². The van der Waals surface area contributed by atoms with Crippen molar-refractivity contribution in [1.29, 1.82) is 0 Å². The maximum Gasteiger partial charge on any atom is 0.262 e. The van der Waals surface area contributed by atoms with Crippen LogP contribution < -0.4 is 4.72 Å². The van der Waals surface area contributed by atoms with Crippen LogP contribution in [0.5, 0.6) is 0 Å². The van der Waals surface area contributed by atoms with Gasteiger partial charge < -0.3 is 4.90 Å². The summed E-state index contributed by atoms with van der Waals surface area (Å²) in [6.07, 6.45) is 1.07. The minimum absolute atomic E-state index is 0.0743. The first-order valence-corrected chi connectivity index (χ1v) is 10.4. The second-order valence-corrected chi connectivity index (χ2v) is 8.95. The molecule has 2 atom stereocenters. The first-order valence-electron chi connectivity index (χ1n) is 8.93. The number of piperidine rings is 1. The van der Waals surface area contributed by atoms with Crippen LogP contribution in [0.2, 0.25) is 0 Å². The van der Waals surface area contributed by atoms with E-state index < -0.39 is 15.8 Å². The number of amides is 1. The smallest absolute Gasteiger partial charge is 0.262 e. The summed E-state index contributed by atoms with van der Waals surface area (Å²) in [6, 6.07) is 11.4. The molecule has 0 aromatic heterocycles. The molecule has 144 valence electrons. The van der Waals surface area contributed by atoms with E-state index in [-0.39, 0.29) is 16.5 Å². The van der Waals surface area contributed by atoms with Gasteiger partial charge in [-0.1, -0.05) is 32.0 Å². The average molecular weight is 390 g/mol. The van der Waals surface area contributed by atoms with Crippen molar-refractivity contribution in [2.45, 2.75) is 25.2 Å². The largest absolute Gasteiger partial charge is 0.338 e. The zero-order valence-corrected chi connectivity index (χ0v) is 16.2. The highest BCUT2D eigenvalue weighted by atomic mass is 32.2. The summed E-state index contributed by atoms with van der Waals surface area (Å²) in [7, 11) is -4.00. The standard InChI is InChI=1S/C20H23FN2O3S/c1-14-10-15(2)13-23(12-14)20(24)16-6-5-7-17(11-16)27(25,26)22-19-9-4-3-8-18(19)21/h3-9,11,14-15,22H,10,12-13H2,1-2H3/t14-,15-/m0/s1. The molecule has 0 spiro atoms. The van der Waals surface area contributed by atoms with E-state index in [4.69, 9.17) is 0 Å². The molecule has 2 aromatic rings. The Morgan fingerprint density at radius 2 is 1.74 bits per heavy atom. The fourth-order valence-electron chi connectivity index (χ4n) is 3.56. The van der Waals surface area contributed by atoms with Crippen molar-refractivity contribution >= 4 is 21.6 Å². The van der Waals surface area contributed by atoms with E-state index in [1.807, 2.05) is 0 Å². The van der Waals surface area contributed by atoms with Crippen LogP contribution >= 0.6 is 0 Å². The topological polar surface area (TPSA) is 66.5 Å². The molecule has 1 saturated heterocycles. The van der Waals surface area contributed by atoms with Gasteiger partial charge in [-0.15, -0.1) is 0 Å². The van der Waals surface area contributed by atoms with Crippen molar-refractivity contribution in [3.8, 4) is 0 Å². The molecule has 7 heteroatoms. The van der Waals surface area contributed by atoms with Crippen molar-refractivity contribution < 1.29 is 17.6 Å². The molecule has 0 radical (unpaired) electrons. The molecule has 1 fully saturated rings. The molecule has 1 heterocycles. The molecule has 1 amide bonds. The molecule has 2 aromatic carbocycles. The van der Waals surface area contributed by atoms with Gasteiger partial charge >= 0.3 is 0 Å². The maximum atomic E-state index is 13.8. The van der Waals surface area contributed by atoms with Crippen LogP contribution in [0.3, 0.4) is 0 Å². The predicted octanol–water partition coefficient (Wildman–Crippen LogP) is 3.74. The number of halogens is 1. The zero-order chi connectivity index (χ0) is 19.6. The van der Waals surface area contributed by atoms with Gasteiger partial charge in [0.2, 0.25) is 0 Å². The molecule has 1 aliphatic rings. The Balaban J connectivity index is 1.84. The van der Waals surface area contributed by atoms with E-state index in [0.29, 0.717) is 30.5 Å². The second kappa shape index (κ2) is 7.68. The van der Waals surface area contributed by atoms with Crippen molar-refractivity contribution in [2.75, 3.05) is 17.8 Å². The van der Waals surface area contributed by atoms with E-state index in [9.17, 15) is 17.6 Å². The van der Waals surface area contributed by atoms with Crippen LogP contribution in [0.25, 0.3) is 0 Å². The quantitative estimate of drug-likeness (QED) is 0.865. The minimum Gasteiger partial charge on any atom is -0.338 e. The van der Waals surface area contributed by atoms with E-state index in [2.05, 4.69) is 18.6 Å². The molecule has 1 N–H and O–H groups in total. The van der Waals surface area contributed by atoms with Gasteiger partial charge in [-0.3, -0.25) is 9.52 Å². The molecule has 1 aliphatic heterocycles. The van der Waals surface area contributed by atoms with Gasteiger partial charge in [0.25, 0.3) is 15.9 Å². The number of anilines is 1. The number of nitrogens with zero attached hydrogens (tertiary/aromatic N) is 1. The fourth-order valence-corrected chi connectivity index (χ4v) is 4.67. The summed E-state index contributed by atoms with van der Waals surface area (Å²) >= 11 is 0. The van der Waals surface area contributed by atoms with Crippen molar-refractivity contribution in [3.05, 3.63) is 59.9 Å². The SMILES string of the molecule is C[C@H]1C[C@H](C)CN(C(=O)c2cccc(S(=O)(=O)Nc3ccccc3F)c2)C1. The second-order valence-electron chi connectivity index (χ2n) is 7.27. The Bertz CT molecular complexity index is 936. The number of rotatable bonds is 4. The molecular formula is C20H23FN2O3S. The Morgan fingerprint density at radius 3 is 2.41 bits per heavy atom. The molecular weight excluding hydrogens is 367 g/mol. The predicted molar refractivity (Wildman–Crippen MR) is 102 cm³/mol. The fraction of sp³-hybridized carbons (Fsp3) is 0.350. The Labute approximate surface area is 159 Å². The highest BCUT2D eigenvalue weighted by Crippen LogP contribution is 2.24. The highest BCUT2D eigenvalue weighted by molar-refractivity contribution is 7.92. The lowest BCUT2D eigenvalue weighted by molar-refractivity contribution is 0.0623. The van der Waals surface area contributed by atoms with E-state index in [1.54, 1.807) is 17.0 Å². The molecule has 5 nitrogen and oxygen atoms in total. The number of nitrogens with one attached hydrogen (secondary N) is 1. The summed E-state index contributed by atoms with van der Waals surface area (Å²) < 4.78 is 41.2. The van der Waals surface area contributed by atoms with Gasteiger partial charge in [0, 0.05) is 18.7 Å². The summed E-state index contributed by atoms with van der Waals surface area (Å²) in [6.45, 7) is 5.53. The van der Waals surface area contributed by atoms with Crippen LogP contribution in [0, 0.1) is 17.7 Å². The van der Waals surface area contributed by atoms with Crippen molar-refractivity contribution in [3.63, 3.8) is 0 Å². The molecule has 0 aliphatic carbocycles. The van der Waals surface area contributed by atoms with Gasteiger partial charge in [-0.05, 0) is 48.6 Å². The lowest BCUT2D eigenvalue weighted by Crippen LogP contribution is -2.42. The molecule has 27 heavy (non-hydrogen) atoms. The lowest BCUT2D eigenvalue weighted by atomic mass is 9.91. The highest BCUT2D eigenvalue weighted by Gasteiger charge is 2.27. The number of sulfonamides is 1. The third-order valence-corrected chi connectivity index (χ3v) is 6.03. The zero-order valence-electron chi connectivity index (χ0n) is 15.4. The van der Waals surface area contributed by atoms with Crippen LogP contribution in [0.4, 0.5) is 10.1 Å². The Morgan fingerprint density at radius 1 is 1.07 bits per heavy atom. The minimum atomic E-state index is -4.00. The maximum absolute atomic E-state index is 13.8. The number of carbonyl (C=O) groups is 1. The Kier molecular flexibility index (Phi) is 5.51. The number of benzene rings is 2. The molecule has 0 unspecified atom stereocenters. The third-order valence-electron chi connectivity index (χ3n) is 4.67. The van der Waals surface area contributed by atoms with Gasteiger partial charge in [0.05, 0.1) is 10.6 Å². The average Bonchev–Trinajstić information content (AvgIpc) is 2.62. The summed E-state index contributed by atoms with van der Waals surface area (Å²) in [5.74, 6) is -0.0272. The van der Waals surface area contributed by atoms with Gasteiger partial charge in [-0.2, -0.15) is 0 Å². The summed E-state index contributed by atoms with van der Waals surface area (Å²) in [5, 5.41) is 0. The third kappa shape index (κ3) is 4.47. The monoisotopic (exact) mass is 390 g/mol. The van der Waals surface area contributed by atoms with E-state index >= 15 is 0 Å². The number of likely N-dealkylation sites (tertiary alicyclic amines) is 1. The van der Waals surface area contributed by atoms with Gasteiger partial charge in [0.1, 0.15) is 5.82 Å². The van der Waals surface area contributed by atoms with Crippen LogP contribution in [0.1, 0.15) is 30.6 Å². The lowest BCUT2D eigenvalue weighted by Gasteiger charge is -2.35. The Hall–Kier alpha value is -2.41. The summed E-state index contributed by atoms with van der Waals surface area (Å²) in [5.41, 5.74) is 0.181. The van der Waals surface area contributed by atoms with Crippen LogP contribution in [0.15, 0.2) is 53.4 Å². The first-order chi connectivity index (χ1) is 12.8. The van der Waals surface area contributed by atoms with E-state index in [1.165, 1.54) is 36.4 Å². The number of para-hydroxylation sites is 1. The number of hydrogen-bond acceptors (Lipinski definition) is 3. The summed E-state index contributed by atoms with van der Waals surface area (Å²) in [4.78, 5) is 14.5. The number of hydrogen-bond donors (Lipinski definition) is 1. The van der Waals surface area contributed by atoms with Crippen molar-refractivity contribution in [2.24, 2.45) is 11.8 Å². The van der Waals surface area contributed by atoms with Gasteiger partial charge in [-0.25, -0.2) is 12.8 Å². The normalized spacial score (nSPS) is 20.3. The van der Waals surface area contributed by atoms with Crippen molar-refractivity contribution in [1.82, 2.24) is 4.90 Å². The molecule has 0 saturated carbocycles. The van der Waals surface area contributed by atoms with E-state index in [0.717, 1.165) is 6.42 Å². The van der Waals surface area contributed by atoms with Crippen LogP contribution in [-0.4, -0.2) is 32.3 Å².